The van der Waals surface area contributed by atoms with Crippen LogP contribution in [0.2, 0.25) is 5.15 Å². The van der Waals surface area contributed by atoms with Crippen LogP contribution in [0.3, 0.4) is 0 Å². The Morgan fingerprint density at radius 2 is 1.90 bits per heavy atom. The summed E-state index contributed by atoms with van der Waals surface area (Å²) >= 11 is 6.12. The van der Waals surface area contributed by atoms with Gasteiger partial charge in [-0.15, -0.1) is 0 Å². The fourth-order valence-corrected chi connectivity index (χ4v) is 3.18. The maximum absolute atomic E-state index is 12.5. The molecule has 1 N–H and O–H groups in total. The lowest BCUT2D eigenvalue weighted by Gasteiger charge is -2.23. The Morgan fingerprint density at radius 3 is 2.61 bits per heavy atom. The minimum absolute atomic E-state index is 0.0371. The molecule has 0 aliphatic carbocycles. The van der Waals surface area contributed by atoms with Crippen LogP contribution in [0.1, 0.15) is 32.8 Å². The Morgan fingerprint density at radius 1 is 1.16 bits per heavy atom. The molecule has 0 unspecified atom stereocenters. The van der Waals surface area contributed by atoms with Crippen LogP contribution in [0.25, 0.3) is 11.0 Å². The van der Waals surface area contributed by atoms with E-state index in [4.69, 9.17) is 21.1 Å². The number of carbonyl (C=O) groups is 2. The van der Waals surface area contributed by atoms with Gasteiger partial charge in [0, 0.05) is 12.7 Å². The number of halogens is 1. The Kier molecular flexibility index (Phi) is 7.12. The summed E-state index contributed by atoms with van der Waals surface area (Å²) < 4.78 is 12.5. The Hall–Kier alpha value is -3.13. The molecule has 2 aromatic heterocycles. The highest BCUT2D eigenvalue weighted by Crippen LogP contribution is 2.20. The molecule has 0 saturated carbocycles. The van der Waals surface area contributed by atoms with Crippen molar-refractivity contribution < 1.29 is 19.1 Å². The second kappa shape index (κ2) is 9.78. The number of aromatic nitrogens is 3. The first kappa shape index (κ1) is 22.6. The largest absolute Gasteiger partial charge is 0.461 e. The zero-order valence-corrected chi connectivity index (χ0v) is 18.4. The van der Waals surface area contributed by atoms with Crippen molar-refractivity contribution in [1.29, 1.82) is 0 Å². The van der Waals surface area contributed by atoms with Gasteiger partial charge in [0.2, 0.25) is 0 Å². The zero-order valence-electron chi connectivity index (χ0n) is 17.7. The van der Waals surface area contributed by atoms with Crippen LogP contribution < -0.4 is 5.32 Å². The van der Waals surface area contributed by atoms with Gasteiger partial charge >= 0.3 is 12.1 Å². The van der Waals surface area contributed by atoms with Gasteiger partial charge < -0.3 is 19.4 Å². The number of nitrogens with one attached hydrogen (secondary N) is 1. The standard InChI is InChI=1S/C22H25ClN4O4/c1-22(2,3)31-21(29)26-16(11-18(28)30-13-15-7-5-4-6-8-15)12-27-10-9-17-19(23)24-14-25-20(17)27/h4-10,14,16H,11-13H2,1-3H3,(H,26,29)/t16-/m1/s1. The molecule has 0 bridgehead atoms. The molecule has 8 nitrogen and oxygen atoms in total. The average molecular weight is 445 g/mol. The summed E-state index contributed by atoms with van der Waals surface area (Å²) in [5.41, 5.74) is 0.826. The smallest absolute Gasteiger partial charge is 0.407 e. The van der Waals surface area contributed by atoms with Crippen molar-refractivity contribution >= 4 is 34.7 Å². The third-order valence-corrected chi connectivity index (χ3v) is 4.60. The lowest BCUT2D eigenvalue weighted by atomic mass is 10.2. The number of hydrogen-bond acceptors (Lipinski definition) is 6. The second-order valence-electron chi connectivity index (χ2n) is 8.06. The molecule has 0 fully saturated rings. The van der Waals surface area contributed by atoms with Gasteiger partial charge in [-0.2, -0.15) is 0 Å². The number of hydrogen-bond donors (Lipinski definition) is 1. The van der Waals surface area contributed by atoms with E-state index >= 15 is 0 Å². The van der Waals surface area contributed by atoms with E-state index in [2.05, 4.69) is 15.3 Å². The summed E-state index contributed by atoms with van der Waals surface area (Å²) in [6.07, 6.45) is 2.50. The van der Waals surface area contributed by atoms with Gasteiger partial charge in [-0.3, -0.25) is 4.79 Å². The minimum Gasteiger partial charge on any atom is -0.461 e. The Labute approximate surface area is 185 Å². The van der Waals surface area contributed by atoms with Crippen LogP contribution in [0, 0.1) is 0 Å². The number of alkyl carbamates (subject to hydrolysis) is 1. The predicted molar refractivity (Wildman–Crippen MR) is 117 cm³/mol. The lowest BCUT2D eigenvalue weighted by Crippen LogP contribution is -2.42. The van der Waals surface area contributed by atoms with E-state index < -0.39 is 23.7 Å². The summed E-state index contributed by atoms with van der Waals surface area (Å²) in [7, 11) is 0. The van der Waals surface area contributed by atoms with Crippen molar-refractivity contribution in [2.24, 2.45) is 0 Å². The molecular formula is C22H25ClN4O4. The van der Waals surface area contributed by atoms with Gasteiger partial charge in [0.15, 0.2) is 0 Å². The molecule has 0 aliphatic heterocycles. The highest BCUT2D eigenvalue weighted by atomic mass is 35.5. The van der Waals surface area contributed by atoms with Crippen LogP contribution in [-0.2, 0) is 27.4 Å². The average Bonchev–Trinajstić information content (AvgIpc) is 3.10. The van der Waals surface area contributed by atoms with E-state index in [0.29, 0.717) is 16.2 Å². The molecule has 1 atom stereocenters. The van der Waals surface area contributed by atoms with Crippen molar-refractivity contribution in [3.8, 4) is 0 Å². The minimum atomic E-state index is -0.663. The van der Waals surface area contributed by atoms with Gasteiger partial charge in [0.25, 0.3) is 0 Å². The number of nitrogens with zero attached hydrogens (tertiary/aromatic N) is 3. The molecule has 0 saturated heterocycles. The first-order chi connectivity index (χ1) is 14.7. The van der Waals surface area contributed by atoms with Crippen molar-refractivity contribution in [2.45, 2.75) is 52.0 Å². The maximum atomic E-state index is 12.5. The summed E-state index contributed by atoms with van der Waals surface area (Å²) in [5, 5.41) is 3.78. The molecule has 31 heavy (non-hydrogen) atoms. The predicted octanol–water partition coefficient (Wildman–Crippen LogP) is 4.11. The molecular weight excluding hydrogens is 420 g/mol. The highest BCUT2D eigenvalue weighted by molar-refractivity contribution is 6.33. The van der Waals surface area contributed by atoms with Crippen molar-refractivity contribution in [3.63, 3.8) is 0 Å². The van der Waals surface area contributed by atoms with E-state index in [-0.39, 0.29) is 19.6 Å². The molecule has 0 aliphatic rings. The van der Waals surface area contributed by atoms with Crippen LogP contribution >= 0.6 is 11.6 Å². The molecule has 0 radical (unpaired) electrons. The number of esters is 1. The van der Waals surface area contributed by atoms with Gasteiger partial charge in [-0.05, 0) is 32.4 Å². The van der Waals surface area contributed by atoms with E-state index in [1.54, 1.807) is 37.6 Å². The summed E-state index contributed by atoms with van der Waals surface area (Å²) in [6.45, 7) is 5.75. The van der Waals surface area contributed by atoms with Crippen LogP contribution in [0.4, 0.5) is 4.79 Å². The van der Waals surface area contributed by atoms with Crippen molar-refractivity contribution in [1.82, 2.24) is 19.9 Å². The summed E-state index contributed by atoms with van der Waals surface area (Å²) in [6, 6.07) is 10.6. The zero-order chi connectivity index (χ0) is 22.4. The molecule has 9 heteroatoms. The third kappa shape index (κ3) is 6.68. The van der Waals surface area contributed by atoms with E-state index in [1.165, 1.54) is 6.33 Å². The van der Waals surface area contributed by atoms with Crippen molar-refractivity contribution in [2.75, 3.05) is 0 Å². The first-order valence-corrected chi connectivity index (χ1v) is 10.2. The molecule has 1 aromatic carbocycles. The second-order valence-corrected chi connectivity index (χ2v) is 8.42. The molecule has 3 aromatic rings. The van der Waals surface area contributed by atoms with E-state index in [9.17, 15) is 9.59 Å². The van der Waals surface area contributed by atoms with Gasteiger partial charge in [-0.25, -0.2) is 14.8 Å². The SMILES string of the molecule is CC(C)(C)OC(=O)N[C@H](CC(=O)OCc1ccccc1)Cn1ccc2c(Cl)ncnc21. The molecule has 0 spiro atoms. The highest BCUT2D eigenvalue weighted by Gasteiger charge is 2.23. The lowest BCUT2D eigenvalue weighted by molar-refractivity contribution is -0.145. The number of fused-ring (bicyclic) bond motifs is 1. The molecule has 2 heterocycles. The van der Waals surface area contributed by atoms with Gasteiger partial charge in [-0.1, -0.05) is 41.9 Å². The third-order valence-electron chi connectivity index (χ3n) is 4.30. The van der Waals surface area contributed by atoms with Gasteiger partial charge in [0.05, 0.1) is 17.8 Å². The quantitative estimate of drug-likeness (QED) is 0.435. The number of benzene rings is 1. The number of ether oxygens (including phenoxy) is 2. The Bertz CT molecular complexity index is 1050. The van der Waals surface area contributed by atoms with Crippen LogP contribution in [0.15, 0.2) is 48.9 Å². The number of amides is 1. The number of carbonyl (C=O) groups excluding carboxylic acids is 2. The van der Waals surface area contributed by atoms with E-state index in [1.807, 2.05) is 30.3 Å². The van der Waals surface area contributed by atoms with Gasteiger partial charge in [0.1, 0.15) is 29.3 Å². The Balaban J connectivity index is 1.71. The van der Waals surface area contributed by atoms with Crippen LogP contribution in [0.5, 0.6) is 0 Å². The molecule has 164 valence electrons. The maximum Gasteiger partial charge on any atom is 0.407 e. The fraction of sp³-hybridized carbons (Fsp3) is 0.364. The normalized spacial score (nSPS) is 12.4. The molecule has 1 amide bonds. The first-order valence-electron chi connectivity index (χ1n) is 9.85. The van der Waals surface area contributed by atoms with Crippen LogP contribution in [-0.4, -0.2) is 38.2 Å². The molecule has 3 rings (SSSR count). The monoisotopic (exact) mass is 444 g/mol. The summed E-state index contributed by atoms with van der Waals surface area (Å²) in [4.78, 5) is 33.0. The van der Waals surface area contributed by atoms with E-state index in [0.717, 1.165) is 5.56 Å². The topological polar surface area (TPSA) is 95.3 Å². The van der Waals surface area contributed by atoms with Crippen molar-refractivity contribution in [3.05, 3.63) is 59.6 Å². The fourth-order valence-electron chi connectivity index (χ4n) is 2.99. The number of rotatable bonds is 7. The summed E-state index contributed by atoms with van der Waals surface area (Å²) in [5.74, 6) is -0.436.